The molecule has 0 saturated heterocycles. The van der Waals surface area contributed by atoms with Crippen LogP contribution in [0.15, 0.2) is 77.8 Å². The SMILES string of the molecule is CN=C(NC(=O)OC(C)c1ccccc1Cl)C(C=N)c1ccc(-c2ccc(CCC(=O)OC)cc2)cc1. The molecule has 0 aromatic heterocycles. The van der Waals surface area contributed by atoms with Crippen molar-refractivity contribution >= 4 is 35.7 Å². The molecule has 7 nitrogen and oxygen atoms in total. The highest BCUT2D eigenvalue weighted by molar-refractivity contribution is 6.31. The quantitative estimate of drug-likeness (QED) is 0.195. The van der Waals surface area contributed by atoms with Crippen molar-refractivity contribution in [2.24, 2.45) is 4.99 Å². The Morgan fingerprint density at radius 2 is 1.65 bits per heavy atom. The number of benzene rings is 3. The lowest BCUT2D eigenvalue weighted by atomic mass is 9.95. The van der Waals surface area contributed by atoms with E-state index in [1.54, 1.807) is 26.1 Å². The lowest BCUT2D eigenvalue weighted by Crippen LogP contribution is -2.36. The molecule has 0 aliphatic heterocycles. The van der Waals surface area contributed by atoms with Crippen molar-refractivity contribution in [3.05, 3.63) is 94.5 Å². The second-order valence-electron chi connectivity index (χ2n) is 8.34. The zero-order valence-corrected chi connectivity index (χ0v) is 21.8. The van der Waals surface area contributed by atoms with Crippen molar-refractivity contribution in [2.45, 2.75) is 31.8 Å². The van der Waals surface area contributed by atoms with Crippen LogP contribution in [-0.4, -0.2) is 38.3 Å². The van der Waals surface area contributed by atoms with Crippen molar-refractivity contribution in [1.82, 2.24) is 5.32 Å². The largest absolute Gasteiger partial charge is 0.469 e. The number of nitrogens with one attached hydrogen (secondary N) is 2. The van der Waals surface area contributed by atoms with Crippen molar-refractivity contribution < 1.29 is 19.1 Å². The standard InChI is InChI=1S/C29H30ClN3O4/c1-19(24-6-4-5-7-26(24)30)37-29(35)33-28(32-2)25(18-31)23-15-13-22(14-16-23)21-11-8-20(9-12-21)10-17-27(34)36-3/h4-9,11-16,18-19,25,31H,10,17H2,1-3H3,(H,32,33,35). The van der Waals surface area contributed by atoms with E-state index in [1.165, 1.54) is 13.3 Å². The summed E-state index contributed by atoms with van der Waals surface area (Å²) in [6.07, 6.45) is 0.960. The molecule has 0 fully saturated rings. The summed E-state index contributed by atoms with van der Waals surface area (Å²) in [6, 6.07) is 22.9. The average molecular weight is 520 g/mol. The molecule has 0 radical (unpaired) electrons. The third kappa shape index (κ3) is 7.51. The second-order valence-corrected chi connectivity index (χ2v) is 8.75. The number of hydrogen-bond donors (Lipinski definition) is 2. The monoisotopic (exact) mass is 519 g/mol. The number of carbonyl (C=O) groups is 2. The van der Waals surface area contributed by atoms with E-state index < -0.39 is 18.1 Å². The maximum absolute atomic E-state index is 12.6. The molecule has 3 rings (SSSR count). The van der Waals surface area contributed by atoms with Gasteiger partial charge in [0.1, 0.15) is 11.9 Å². The van der Waals surface area contributed by atoms with Gasteiger partial charge in [-0.1, -0.05) is 78.3 Å². The van der Waals surface area contributed by atoms with E-state index in [-0.39, 0.29) is 5.97 Å². The van der Waals surface area contributed by atoms with Gasteiger partial charge in [0.05, 0.1) is 13.0 Å². The summed E-state index contributed by atoms with van der Waals surface area (Å²) < 4.78 is 10.2. The summed E-state index contributed by atoms with van der Waals surface area (Å²) in [5.74, 6) is -0.481. The maximum atomic E-state index is 12.6. The second kappa shape index (κ2) is 13.4. The third-order valence-electron chi connectivity index (χ3n) is 5.96. The summed E-state index contributed by atoms with van der Waals surface area (Å²) in [7, 11) is 2.94. The summed E-state index contributed by atoms with van der Waals surface area (Å²) in [6.45, 7) is 1.74. The molecule has 0 aliphatic carbocycles. The summed E-state index contributed by atoms with van der Waals surface area (Å²) in [5, 5.41) is 11.1. The van der Waals surface area contributed by atoms with Crippen LogP contribution >= 0.6 is 11.6 Å². The van der Waals surface area contributed by atoms with Gasteiger partial charge in [-0.2, -0.15) is 0 Å². The number of amidine groups is 1. The van der Waals surface area contributed by atoms with E-state index in [0.29, 0.717) is 29.3 Å². The molecular formula is C29H30ClN3O4. The predicted molar refractivity (Wildman–Crippen MR) is 147 cm³/mol. The maximum Gasteiger partial charge on any atom is 0.413 e. The number of hydrogen-bond acceptors (Lipinski definition) is 6. The molecule has 37 heavy (non-hydrogen) atoms. The first-order valence-electron chi connectivity index (χ1n) is 11.8. The van der Waals surface area contributed by atoms with Crippen LogP contribution in [0, 0.1) is 5.41 Å². The van der Waals surface area contributed by atoms with Crippen LogP contribution in [0.1, 0.15) is 42.1 Å². The number of aryl methyl sites for hydroxylation is 1. The van der Waals surface area contributed by atoms with Crippen molar-refractivity contribution in [1.29, 1.82) is 5.41 Å². The Kier molecular flexibility index (Phi) is 9.98. The van der Waals surface area contributed by atoms with Gasteiger partial charge in [-0.3, -0.25) is 15.1 Å². The fourth-order valence-corrected chi connectivity index (χ4v) is 4.15. The van der Waals surface area contributed by atoms with Crippen LogP contribution in [0.25, 0.3) is 11.1 Å². The summed E-state index contributed by atoms with van der Waals surface area (Å²) in [5.41, 5.74) is 4.58. The van der Waals surface area contributed by atoms with Gasteiger partial charge >= 0.3 is 12.1 Å². The molecule has 3 aromatic rings. The van der Waals surface area contributed by atoms with Gasteiger partial charge < -0.3 is 14.9 Å². The number of rotatable bonds is 9. The first-order valence-corrected chi connectivity index (χ1v) is 12.2. The molecule has 8 heteroatoms. The number of esters is 1. The molecule has 2 unspecified atom stereocenters. The number of nitrogens with zero attached hydrogens (tertiary/aromatic N) is 1. The van der Waals surface area contributed by atoms with Gasteiger partial charge in [-0.25, -0.2) is 4.79 Å². The third-order valence-corrected chi connectivity index (χ3v) is 6.31. The minimum atomic E-state index is -0.677. The van der Waals surface area contributed by atoms with E-state index in [4.69, 9.17) is 26.5 Å². The Hall–Kier alpha value is -3.97. The van der Waals surface area contributed by atoms with Gasteiger partial charge in [-0.05, 0) is 41.7 Å². The summed E-state index contributed by atoms with van der Waals surface area (Å²) in [4.78, 5) is 28.1. The smallest absolute Gasteiger partial charge is 0.413 e. The molecule has 0 saturated carbocycles. The number of methoxy groups -OCH3 is 1. The average Bonchev–Trinajstić information content (AvgIpc) is 2.92. The van der Waals surface area contributed by atoms with Gasteiger partial charge in [0.25, 0.3) is 0 Å². The number of amides is 1. The fraction of sp³-hybridized carbons (Fsp3) is 0.241. The molecule has 2 atom stereocenters. The van der Waals surface area contributed by atoms with E-state index >= 15 is 0 Å². The highest BCUT2D eigenvalue weighted by Gasteiger charge is 2.21. The number of alkyl carbamates (subject to hydrolysis) is 1. The summed E-state index contributed by atoms with van der Waals surface area (Å²) >= 11 is 6.20. The topological polar surface area (TPSA) is 101 Å². The van der Waals surface area contributed by atoms with Gasteiger partial charge in [-0.15, -0.1) is 0 Å². The van der Waals surface area contributed by atoms with Crippen LogP contribution in [0.3, 0.4) is 0 Å². The fourth-order valence-electron chi connectivity index (χ4n) is 3.86. The van der Waals surface area contributed by atoms with E-state index in [9.17, 15) is 9.59 Å². The van der Waals surface area contributed by atoms with Crippen LogP contribution in [-0.2, 0) is 20.7 Å². The molecule has 0 aliphatic rings. The van der Waals surface area contributed by atoms with E-state index in [1.807, 2.05) is 60.7 Å². The van der Waals surface area contributed by atoms with Crippen molar-refractivity contribution in [3.63, 3.8) is 0 Å². The van der Waals surface area contributed by atoms with Gasteiger partial charge in [0.15, 0.2) is 0 Å². The lowest BCUT2D eigenvalue weighted by molar-refractivity contribution is -0.140. The highest BCUT2D eigenvalue weighted by Crippen LogP contribution is 2.26. The van der Waals surface area contributed by atoms with Crippen LogP contribution in [0.2, 0.25) is 5.02 Å². The first kappa shape index (κ1) is 27.6. The molecule has 192 valence electrons. The van der Waals surface area contributed by atoms with E-state index in [0.717, 1.165) is 22.3 Å². The number of halogens is 1. The molecule has 0 bridgehead atoms. The molecule has 0 heterocycles. The molecule has 1 amide bonds. The first-order chi connectivity index (χ1) is 17.9. The van der Waals surface area contributed by atoms with Crippen molar-refractivity contribution in [3.8, 4) is 11.1 Å². The Morgan fingerprint density at radius 1 is 1.03 bits per heavy atom. The normalized spacial score (nSPS) is 12.8. The minimum Gasteiger partial charge on any atom is -0.469 e. The molecular weight excluding hydrogens is 490 g/mol. The molecule has 3 aromatic carbocycles. The predicted octanol–water partition coefficient (Wildman–Crippen LogP) is 6.36. The van der Waals surface area contributed by atoms with Crippen LogP contribution in [0.4, 0.5) is 4.79 Å². The zero-order valence-electron chi connectivity index (χ0n) is 21.0. The highest BCUT2D eigenvalue weighted by atomic mass is 35.5. The Labute approximate surface area is 222 Å². The Morgan fingerprint density at radius 3 is 2.22 bits per heavy atom. The number of ether oxygens (including phenoxy) is 2. The number of carbonyl (C=O) groups excluding carboxylic acids is 2. The van der Waals surface area contributed by atoms with Crippen LogP contribution in [0.5, 0.6) is 0 Å². The van der Waals surface area contributed by atoms with E-state index in [2.05, 4.69) is 10.3 Å². The van der Waals surface area contributed by atoms with Gasteiger partial charge in [0, 0.05) is 30.3 Å². The Bertz CT molecular complexity index is 1260. The lowest BCUT2D eigenvalue weighted by Gasteiger charge is -2.19. The molecule has 2 N–H and O–H groups in total. The van der Waals surface area contributed by atoms with Gasteiger partial charge in [0.2, 0.25) is 0 Å². The van der Waals surface area contributed by atoms with Crippen LogP contribution < -0.4 is 5.32 Å². The molecule has 0 spiro atoms. The Balaban J connectivity index is 1.66. The zero-order chi connectivity index (χ0) is 26.8. The number of aliphatic imine (C=N–C) groups is 1. The minimum absolute atomic E-state index is 0.228. The van der Waals surface area contributed by atoms with Crippen molar-refractivity contribution in [2.75, 3.05) is 14.2 Å².